The minimum absolute atomic E-state index is 0.0135. The van der Waals surface area contributed by atoms with E-state index < -0.39 is 0 Å². The van der Waals surface area contributed by atoms with Crippen molar-refractivity contribution in [1.29, 1.82) is 0 Å². The molecule has 2 rings (SSSR count). The van der Waals surface area contributed by atoms with Crippen molar-refractivity contribution in [2.75, 3.05) is 0 Å². The van der Waals surface area contributed by atoms with Crippen LogP contribution in [-0.4, -0.2) is 17.2 Å². The van der Waals surface area contributed by atoms with Crippen LogP contribution in [0.1, 0.15) is 61.3 Å². The maximum Gasteiger partial charge on any atom is 0.251 e. The lowest BCUT2D eigenvalue weighted by atomic mass is 9.94. The summed E-state index contributed by atoms with van der Waals surface area (Å²) in [4.78, 5) is 23.8. The molecule has 1 amide bonds. The number of benzene rings is 2. The summed E-state index contributed by atoms with van der Waals surface area (Å²) in [5.74, 6) is -0.114. The van der Waals surface area contributed by atoms with E-state index in [-0.39, 0.29) is 17.2 Å². The highest BCUT2D eigenvalue weighted by atomic mass is 16.1. The van der Waals surface area contributed by atoms with Gasteiger partial charge in [0, 0.05) is 16.7 Å². The summed E-state index contributed by atoms with van der Waals surface area (Å²) < 4.78 is 0. The van der Waals surface area contributed by atoms with Crippen LogP contribution in [-0.2, 0) is 0 Å². The molecule has 0 aliphatic heterocycles. The molecule has 0 unspecified atom stereocenters. The highest BCUT2D eigenvalue weighted by Gasteiger charge is 2.21. The molecule has 5 heteroatoms. The predicted octanol–water partition coefficient (Wildman–Crippen LogP) is 6.17. The molecule has 5 nitrogen and oxygen atoms in total. The van der Waals surface area contributed by atoms with Crippen LogP contribution in [0.15, 0.2) is 70.9 Å². The van der Waals surface area contributed by atoms with E-state index >= 15 is 0 Å². The molecule has 0 radical (unpaired) electrons. The number of ketones is 1. The average molecular weight is 377 g/mol. The van der Waals surface area contributed by atoms with Crippen LogP contribution < -0.4 is 5.32 Å². The number of rotatable bonds is 8. The number of amides is 1. The highest BCUT2D eigenvalue weighted by Crippen LogP contribution is 2.21. The quantitative estimate of drug-likeness (QED) is 0.339. The molecular weight excluding hydrogens is 350 g/mol. The Bertz CT molecular complexity index is 879. The first-order valence-corrected chi connectivity index (χ1v) is 9.32. The van der Waals surface area contributed by atoms with Gasteiger partial charge in [-0.1, -0.05) is 19.1 Å². The first-order valence-electron chi connectivity index (χ1n) is 9.32. The third-order valence-electron chi connectivity index (χ3n) is 4.33. The van der Waals surface area contributed by atoms with Crippen molar-refractivity contribution >= 4 is 23.1 Å². The fraction of sp³-hybridized carbons (Fsp3) is 0.304. The van der Waals surface area contributed by atoms with E-state index in [2.05, 4.69) is 29.0 Å². The van der Waals surface area contributed by atoms with Crippen molar-refractivity contribution in [2.24, 2.45) is 10.2 Å². The summed E-state index contributed by atoms with van der Waals surface area (Å²) in [5.41, 5.74) is 3.27. The van der Waals surface area contributed by atoms with Crippen LogP contribution >= 0.6 is 0 Å². The Labute approximate surface area is 166 Å². The molecule has 2 aromatic carbocycles. The van der Waals surface area contributed by atoms with Crippen LogP contribution in [0.3, 0.4) is 0 Å². The number of Topliss-reactive ketones (excluding diaryl/α,β-unsaturated/α-hetero) is 1. The van der Waals surface area contributed by atoms with E-state index in [0.717, 1.165) is 18.4 Å². The van der Waals surface area contributed by atoms with Gasteiger partial charge in [0.2, 0.25) is 0 Å². The first kappa shape index (κ1) is 21.2. The Morgan fingerprint density at radius 3 is 1.82 bits per heavy atom. The van der Waals surface area contributed by atoms with Crippen LogP contribution in [0, 0.1) is 0 Å². The molecule has 146 valence electrons. The second kappa shape index (κ2) is 9.22. The molecule has 0 aromatic heterocycles. The molecule has 0 saturated carbocycles. The predicted molar refractivity (Wildman–Crippen MR) is 113 cm³/mol. The fourth-order valence-corrected chi connectivity index (χ4v) is 2.73. The van der Waals surface area contributed by atoms with Gasteiger partial charge in [-0.15, -0.1) is 0 Å². The van der Waals surface area contributed by atoms with Gasteiger partial charge >= 0.3 is 0 Å². The van der Waals surface area contributed by atoms with Crippen molar-refractivity contribution in [2.45, 2.75) is 46.1 Å². The number of nitrogens with one attached hydrogen (secondary N) is 1. The normalized spacial score (nSPS) is 11.4. The van der Waals surface area contributed by atoms with Crippen LogP contribution in [0.4, 0.5) is 11.4 Å². The number of carbonyl (C=O) groups excluding carboxylic acids is 2. The first-order chi connectivity index (χ1) is 13.2. The third-order valence-corrected chi connectivity index (χ3v) is 4.33. The lowest BCUT2D eigenvalue weighted by molar-refractivity contribution is 0.0912. The van der Waals surface area contributed by atoms with Crippen LogP contribution in [0.2, 0.25) is 0 Å². The molecule has 0 spiro atoms. The minimum atomic E-state index is -0.353. The highest BCUT2D eigenvalue weighted by molar-refractivity contribution is 5.95. The number of hydrogen-bond donors (Lipinski definition) is 1. The lowest BCUT2D eigenvalue weighted by Gasteiger charge is -2.27. The molecule has 0 bridgehead atoms. The fourth-order valence-electron chi connectivity index (χ4n) is 2.73. The van der Waals surface area contributed by atoms with E-state index in [1.165, 1.54) is 6.92 Å². The van der Waals surface area contributed by atoms with Crippen LogP contribution in [0.25, 0.3) is 0 Å². The molecule has 0 atom stereocenters. The maximum absolute atomic E-state index is 12.5. The summed E-state index contributed by atoms with van der Waals surface area (Å²) >= 11 is 0. The maximum atomic E-state index is 12.5. The standard InChI is InChI=1S/C23H27N3O2/c1-6-16(2)15-23(4,5)24-22(28)19-9-13-21(14-10-19)26-25-20-11-7-18(8-12-20)17(3)27/h7-14H,2,6,15H2,1,3-5H3,(H,24,28). The summed E-state index contributed by atoms with van der Waals surface area (Å²) in [6, 6.07) is 13.9. The zero-order valence-corrected chi connectivity index (χ0v) is 17.0. The monoisotopic (exact) mass is 377 g/mol. The molecule has 0 heterocycles. The number of hydrogen-bond acceptors (Lipinski definition) is 4. The summed E-state index contributed by atoms with van der Waals surface area (Å²) in [7, 11) is 0. The topological polar surface area (TPSA) is 70.9 Å². The van der Waals surface area contributed by atoms with Gasteiger partial charge < -0.3 is 5.32 Å². The van der Waals surface area contributed by atoms with Crippen LogP contribution in [0.5, 0.6) is 0 Å². The average Bonchev–Trinajstić information content (AvgIpc) is 2.66. The summed E-state index contributed by atoms with van der Waals surface area (Å²) in [6.07, 6.45) is 1.64. The Hall–Kier alpha value is -3.08. The zero-order valence-electron chi connectivity index (χ0n) is 17.0. The van der Waals surface area contributed by atoms with Crippen molar-refractivity contribution in [3.8, 4) is 0 Å². The van der Waals surface area contributed by atoms with Crippen molar-refractivity contribution in [3.05, 3.63) is 71.8 Å². The van der Waals surface area contributed by atoms with Gasteiger partial charge in [-0.3, -0.25) is 9.59 Å². The molecule has 0 saturated heterocycles. The van der Waals surface area contributed by atoms with Gasteiger partial charge in [-0.2, -0.15) is 10.2 Å². The number of nitrogens with zero attached hydrogens (tertiary/aromatic N) is 2. The van der Waals surface area contributed by atoms with E-state index in [4.69, 9.17) is 0 Å². The van der Waals surface area contributed by atoms with Gasteiger partial charge in [0.15, 0.2) is 5.78 Å². The molecule has 28 heavy (non-hydrogen) atoms. The molecule has 1 N–H and O–H groups in total. The van der Waals surface area contributed by atoms with Crippen molar-refractivity contribution < 1.29 is 9.59 Å². The molecule has 2 aromatic rings. The Balaban J connectivity index is 2.01. The third kappa shape index (κ3) is 6.27. The molecule has 0 aliphatic carbocycles. The van der Waals surface area contributed by atoms with Crippen molar-refractivity contribution in [3.63, 3.8) is 0 Å². The van der Waals surface area contributed by atoms with Gasteiger partial charge in [0.25, 0.3) is 5.91 Å². The Kier molecular flexibility index (Phi) is 6.99. The van der Waals surface area contributed by atoms with Gasteiger partial charge in [0.05, 0.1) is 11.4 Å². The lowest BCUT2D eigenvalue weighted by Crippen LogP contribution is -2.43. The largest absolute Gasteiger partial charge is 0.347 e. The van der Waals surface area contributed by atoms with Crippen molar-refractivity contribution in [1.82, 2.24) is 5.32 Å². The van der Waals surface area contributed by atoms with Gasteiger partial charge in [-0.05, 0) is 82.1 Å². The SMILES string of the molecule is C=C(CC)CC(C)(C)NC(=O)c1ccc(N=Nc2ccc(C(C)=O)cc2)cc1. The minimum Gasteiger partial charge on any atom is -0.347 e. The summed E-state index contributed by atoms with van der Waals surface area (Å²) in [6.45, 7) is 11.6. The van der Waals surface area contributed by atoms with E-state index in [9.17, 15) is 9.59 Å². The second-order valence-corrected chi connectivity index (χ2v) is 7.47. The second-order valence-electron chi connectivity index (χ2n) is 7.47. The number of carbonyl (C=O) groups is 2. The Morgan fingerprint density at radius 1 is 0.929 bits per heavy atom. The van der Waals surface area contributed by atoms with Gasteiger partial charge in [-0.25, -0.2) is 0 Å². The smallest absolute Gasteiger partial charge is 0.251 e. The molecule has 0 fully saturated rings. The molecule has 0 aliphatic rings. The van der Waals surface area contributed by atoms with E-state index in [1.807, 2.05) is 13.8 Å². The molecular formula is C23H27N3O2. The summed E-state index contributed by atoms with van der Waals surface area (Å²) in [5, 5.41) is 11.4. The van der Waals surface area contributed by atoms with Gasteiger partial charge in [0.1, 0.15) is 0 Å². The van der Waals surface area contributed by atoms with E-state index in [1.54, 1.807) is 48.5 Å². The number of azo groups is 1. The van der Waals surface area contributed by atoms with E-state index in [0.29, 0.717) is 22.5 Å². The Morgan fingerprint density at radius 2 is 1.39 bits per heavy atom. The zero-order chi connectivity index (χ0) is 20.7.